The molecule has 6 heteroatoms. The summed E-state index contributed by atoms with van der Waals surface area (Å²) in [5, 5.41) is 0.526. The molecule has 0 aliphatic heterocycles. The number of hydrogen-bond acceptors (Lipinski definition) is 5. The van der Waals surface area contributed by atoms with Gasteiger partial charge in [-0.3, -0.25) is 14.2 Å². The Morgan fingerprint density at radius 1 is 1.50 bits per heavy atom. The summed E-state index contributed by atoms with van der Waals surface area (Å²) in [4.78, 5) is 27.3. The molecular weight excluding hydrogens is 252 g/mol. The maximum absolute atomic E-state index is 11.8. The van der Waals surface area contributed by atoms with Gasteiger partial charge in [0.25, 0.3) is 5.56 Å². The number of aromatic nitrogens is 2. The second-order valence-corrected chi connectivity index (χ2v) is 5.88. The van der Waals surface area contributed by atoms with E-state index in [0.717, 1.165) is 5.69 Å². The predicted molar refractivity (Wildman–Crippen MR) is 70.9 cm³/mol. The van der Waals surface area contributed by atoms with E-state index in [2.05, 4.69) is 9.72 Å². The van der Waals surface area contributed by atoms with E-state index in [4.69, 9.17) is 0 Å². The van der Waals surface area contributed by atoms with Crippen LogP contribution < -0.4 is 5.56 Å². The predicted octanol–water partition coefficient (Wildman–Crippen LogP) is 1.34. The highest BCUT2D eigenvalue weighted by Crippen LogP contribution is 2.21. The van der Waals surface area contributed by atoms with Crippen molar-refractivity contribution in [3.63, 3.8) is 0 Å². The molecule has 0 amide bonds. The molecule has 0 spiro atoms. The quantitative estimate of drug-likeness (QED) is 0.471. The van der Waals surface area contributed by atoms with E-state index >= 15 is 0 Å². The third-order valence-corrected chi connectivity index (χ3v) is 3.41. The Bertz CT molecular complexity index is 503. The minimum Gasteiger partial charge on any atom is -0.468 e. The maximum atomic E-state index is 11.8. The summed E-state index contributed by atoms with van der Waals surface area (Å²) in [5.41, 5.74) is 0.397. The van der Waals surface area contributed by atoms with Gasteiger partial charge in [0.05, 0.1) is 18.6 Å². The molecule has 0 saturated carbocycles. The molecule has 5 nitrogen and oxygen atoms in total. The van der Waals surface area contributed by atoms with Gasteiger partial charge in [-0.25, -0.2) is 4.98 Å². The summed E-state index contributed by atoms with van der Waals surface area (Å²) >= 11 is 1.20. The Kier molecular flexibility index (Phi) is 4.56. The highest BCUT2D eigenvalue weighted by molar-refractivity contribution is 7.99. The fourth-order valence-corrected chi connectivity index (χ4v) is 2.03. The molecule has 0 saturated heterocycles. The molecule has 1 rings (SSSR count). The minimum atomic E-state index is -0.338. The van der Waals surface area contributed by atoms with Gasteiger partial charge in [0.15, 0.2) is 5.16 Å². The van der Waals surface area contributed by atoms with E-state index in [9.17, 15) is 9.59 Å². The van der Waals surface area contributed by atoms with Gasteiger partial charge in [0.1, 0.15) is 0 Å². The van der Waals surface area contributed by atoms with Crippen LogP contribution in [-0.2, 0) is 22.0 Å². The first-order valence-corrected chi connectivity index (χ1v) is 6.52. The molecule has 0 unspecified atom stereocenters. The van der Waals surface area contributed by atoms with Crippen LogP contribution in [0.4, 0.5) is 0 Å². The molecular formula is C12H18N2O3S. The second-order valence-electron chi connectivity index (χ2n) is 4.94. The first-order valence-electron chi connectivity index (χ1n) is 5.54. The zero-order valence-electron chi connectivity index (χ0n) is 11.3. The number of nitrogens with zero attached hydrogens (tertiary/aromatic N) is 2. The summed E-state index contributed by atoms with van der Waals surface area (Å²) in [6.07, 6.45) is 0. The minimum absolute atomic E-state index is 0.123. The molecule has 100 valence electrons. The number of esters is 1. The van der Waals surface area contributed by atoms with Crippen LogP contribution in [0.1, 0.15) is 26.5 Å². The summed E-state index contributed by atoms with van der Waals surface area (Å²) < 4.78 is 6.00. The fourth-order valence-electron chi connectivity index (χ4n) is 1.21. The van der Waals surface area contributed by atoms with Gasteiger partial charge in [-0.2, -0.15) is 0 Å². The monoisotopic (exact) mass is 270 g/mol. The number of thioether (sulfide) groups is 1. The number of carbonyl (C=O) groups excluding carboxylic acids is 1. The highest BCUT2D eigenvalue weighted by atomic mass is 32.2. The van der Waals surface area contributed by atoms with Crippen LogP contribution in [0.15, 0.2) is 16.0 Å². The molecule has 0 aromatic carbocycles. The molecule has 1 heterocycles. The number of ether oxygens (including phenoxy) is 1. The molecule has 0 aliphatic carbocycles. The molecule has 1 aromatic rings. The van der Waals surface area contributed by atoms with Gasteiger partial charge < -0.3 is 4.74 Å². The third-order valence-electron chi connectivity index (χ3n) is 2.41. The number of methoxy groups -OCH3 is 1. The summed E-state index contributed by atoms with van der Waals surface area (Å²) in [7, 11) is 2.97. The Morgan fingerprint density at radius 2 is 2.11 bits per heavy atom. The topological polar surface area (TPSA) is 61.2 Å². The second kappa shape index (κ2) is 5.56. The van der Waals surface area contributed by atoms with Gasteiger partial charge in [0, 0.05) is 18.5 Å². The van der Waals surface area contributed by atoms with Crippen LogP contribution >= 0.6 is 11.8 Å². The van der Waals surface area contributed by atoms with Crippen LogP contribution in [0, 0.1) is 0 Å². The van der Waals surface area contributed by atoms with Crippen LogP contribution in [-0.4, -0.2) is 28.4 Å². The van der Waals surface area contributed by atoms with E-state index in [0.29, 0.717) is 5.16 Å². The average molecular weight is 270 g/mol. The summed E-state index contributed by atoms with van der Waals surface area (Å²) in [5.74, 6) is -0.194. The van der Waals surface area contributed by atoms with Crippen molar-refractivity contribution in [3.05, 3.63) is 22.1 Å². The summed E-state index contributed by atoms with van der Waals surface area (Å²) in [6, 6.07) is 1.53. The molecule has 0 fully saturated rings. The molecule has 1 aromatic heterocycles. The lowest BCUT2D eigenvalue weighted by Crippen LogP contribution is -2.25. The number of carbonyl (C=O) groups is 1. The average Bonchev–Trinajstić information content (AvgIpc) is 2.28. The maximum Gasteiger partial charge on any atom is 0.316 e. The van der Waals surface area contributed by atoms with E-state index in [1.807, 2.05) is 20.8 Å². The molecule has 0 aliphatic rings. The van der Waals surface area contributed by atoms with Crippen molar-refractivity contribution in [2.75, 3.05) is 12.9 Å². The first-order chi connectivity index (χ1) is 8.25. The van der Waals surface area contributed by atoms with Crippen molar-refractivity contribution in [1.29, 1.82) is 0 Å². The van der Waals surface area contributed by atoms with Crippen molar-refractivity contribution < 1.29 is 9.53 Å². The third kappa shape index (κ3) is 3.60. The van der Waals surface area contributed by atoms with Crippen LogP contribution in [0.2, 0.25) is 0 Å². The molecule has 0 bridgehead atoms. The lowest BCUT2D eigenvalue weighted by molar-refractivity contribution is -0.137. The Hall–Kier alpha value is -1.30. The van der Waals surface area contributed by atoms with Gasteiger partial charge in [-0.05, 0) is 0 Å². The van der Waals surface area contributed by atoms with Crippen LogP contribution in [0.3, 0.4) is 0 Å². The van der Waals surface area contributed by atoms with E-state index in [1.54, 1.807) is 7.05 Å². The molecule has 18 heavy (non-hydrogen) atoms. The van der Waals surface area contributed by atoms with Gasteiger partial charge in [-0.1, -0.05) is 32.5 Å². The molecule has 0 N–H and O–H groups in total. The van der Waals surface area contributed by atoms with Crippen molar-refractivity contribution >= 4 is 17.7 Å². The first kappa shape index (κ1) is 14.8. The van der Waals surface area contributed by atoms with E-state index < -0.39 is 0 Å². The van der Waals surface area contributed by atoms with Crippen LogP contribution in [0.25, 0.3) is 0 Å². The number of rotatable bonds is 3. The molecule has 0 radical (unpaired) electrons. The summed E-state index contributed by atoms with van der Waals surface area (Å²) in [6.45, 7) is 5.97. The SMILES string of the molecule is COC(=O)CSc1nc(C(C)(C)C)cc(=O)n1C. The van der Waals surface area contributed by atoms with Gasteiger partial charge in [0.2, 0.25) is 0 Å². The van der Waals surface area contributed by atoms with Crippen molar-refractivity contribution in [2.24, 2.45) is 7.05 Å². The zero-order chi connectivity index (χ0) is 13.9. The highest BCUT2D eigenvalue weighted by Gasteiger charge is 2.19. The normalized spacial score (nSPS) is 11.4. The Morgan fingerprint density at radius 3 is 2.61 bits per heavy atom. The fraction of sp³-hybridized carbons (Fsp3) is 0.583. The lowest BCUT2D eigenvalue weighted by Gasteiger charge is -2.19. The van der Waals surface area contributed by atoms with Crippen molar-refractivity contribution in [3.8, 4) is 0 Å². The lowest BCUT2D eigenvalue weighted by atomic mass is 9.92. The number of hydrogen-bond donors (Lipinski definition) is 0. The Balaban J connectivity index is 3.07. The zero-order valence-corrected chi connectivity index (χ0v) is 12.1. The van der Waals surface area contributed by atoms with E-state index in [-0.39, 0.29) is 22.7 Å². The van der Waals surface area contributed by atoms with Crippen molar-refractivity contribution in [2.45, 2.75) is 31.3 Å². The molecule has 0 atom stereocenters. The van der Waals surface area contributed by atoms with Gasteiger partial charge >= 0.3 is 5.97 Å². The van der Waals surface area contributed by atoms with Gasteiger partial charge in [-0.15, -0.1) is 0 Å². The van der Waals surface area contributed by atoms with Crippen LogP contribution in [0.5, 0.6) is 0 Å². The van der Waals surface area contributed by atoms with Crippen molar-refractivity contribution in [1.82, 2.24) is 9.55 Å². The Labute approximate surface area is 111 Å². The largest absolute Gasteiger partial charge is 0.468 e. The van der Waals surface area contributed by atoms with E-state index in [1.165, 1.54) is 29.5 Å². The standard InChI is InChI=1S/C12H18N2O3S/c1-12(2,3)8-6-9(15)14(4)11(13-8)18-7-10(16)17-5/h6H,7H2,1-5H3. The smallest absolute Gasteiger partial charge is 0.316 e.